The van der Waals surface area contributed by atoms with Gasteiger partial charge in [0.15, 0.2) is 0 Å². The molecule has 0 aromatic heterocycles. The molecule has 2 aliphatic rings. The van der Waals surface area contributed by atoms with E-state index in [2.05, 4.69) is 34.1 Å². The molecule has 0 radical (unpaired) electrons. The number of likely N-dealkylation sites (tertiary alicyclic amines) is 1. The summed E-state index contributed by atoms with van der Waals surface area (Å²) in [6.07, 6.45) is 3.56. The number of nitrogens with one attached hydrogen (secondary N) is 1. The van der Waals surface area contributed by atoms with Gasteiger partial charge in [-0.3, -0.25) is 9.69 Å². The third-order valence-corrected chi connectivity index (χ3v) is 5.10. The predicted molar refractivity (Wildman–Crippen MR) is 92.6 cm³/mol. The smallest absolute Gasteiger partial charge is 0.237 e. The van der Waals surface area contributed by atoms with Gasteiger partial charge in [0.05, 0.1) is 12.1 Å². The van der Waals surface area contributed by atoms with E-state index in [0.717, 1.165) is 65.1 Å². The first kappa shape index (κ1) is 18.6. The second kappa shape index (κ2) is 9.57. The van der Waals surface area contributed by atoms with E-state index in [0.29, 0.717) is 12.6 Å². The average Bonchev–Trinajstić information content (AvgIpc) is 2.56. The van der Waals surface area contributed by atoms with Gasteiger partial charge in [-0.25, -0.2) is 0 Å². The molecule has 0 spiro atoms. The van der Waals surface area contributed by atoms with E-state index in [-0.39, 0.29) is 11.9 Å². The number of nitrogens with zero attached hydrogens (tertiary/aromatic N) is 3. The Balaban J connectivity index is 1.52. The lowest BCUT2D eigenvalue weighted by molar-refractivity contribution is -0.126. The Hall–Kier alpha value is -0.690. The monoisotopic (exact) mass is 326 g/mol. The van der Waals surface area contributed by atoms with Gasteiger partial charge in [0, 0.05) is 52.4 Å². The van der Waals surface area contributed by atoms with E-state index in [4.69, 9.17) is 4.74 Å². The zero-order chi connectivity index (χ0) is 16.7. The maximum absolute atomic E-state index is 12.2. The van der Waals surface area contributed by atoms with E-state index in [1.807, 2.05) is 6.92 Å². The molecule has 0 aromatic rings. The van der Waals surface area contributed by atoms with Crippen molar-refractivity contribution in [1.29, 1.82) is 0 Å². The van der Waals surface area contributed by atoms with Crippen molar-refractivity contribution in [1.82, 2.24) is 20.0 Å². The number of hydrogen-bond donors (Lipinski definition) is 1. The van der Waals surface area contributed by atoms with Crippen LogP contribution in [0, 0.1) is 0 Å². The van der Waals surface area contributed by atoms with E-state index in [1.54, 1.807) is 0 Å². The summed E-state index contributed by atoms with van der Waals surface area (Å²) in [7, 11) is 4.29. The molecule has 2 rings (SSSR count). The largest absolute Gasteiger partial charge is 0.378 e. The second-order valence-electron chi connectivity index (χ2n) is 7.03. The highest BCUT2D eigenvalue weighted by molar-refractivity contribution is 5.81. The third kappa shape index (κ3) is 6.37. The highest BCUT2D eigenvalue weighted by Gasteiger charge is 2.24. The number of likely N-dealkylation sites (N-methyl/N-ethyl adjacent to an activating group) is 1. The number of rotatable bonds is 7. The number of piperazine rings is 1. The van der Waals surface area contributed by atoms with Gasteiger partial charge in [-0.1, -0.05) is 0 Å². The van der Waals surface area contributed by atoms with E-state index >= 15 is 0 Å². The number of piperidine rings is 1. The molecule has 0 aliphatic carbocycles. The minimum Gasteiger partial charge on any atom is -0.378 e. The number of amides is 1. The fraction of sp³-hybridized carbons (Fsp3) is 0.941. The summed E-state index contributed by atoms with van der Waals surface area (Å²) in [5.74, 6) is 0.147. The lowest BCUT2D eigenvalue weighted by atomic mass is 10.1. The van der Waals surface area contributed by atoms with Crippen molar-refractivity contribution in [3.05, 3.63) is 0 Å². The lowest BCUT2D eigenvalue weighted by Gasteiger charge is -2.35. The molecule has 1 unspecified atom stereocenters. The second-order valence-corrected chi connectivity index (χ2v) is 7.03. The first-order chi connectivity index (χ1) is 11.1. The molecule has 134 valence electrons. The van der Waals surface area contributed by atoms with Crippen LogP contribution in [0.2, 0.25) is 0 Å². The van der Waals surface area contributed by atoms with Crippen LogP contribution in [0.3, 0.4) is 0 Å². The Bertz CT molecular complexity index is 351. The van der Waals surface area contributed by atoms with Crippen molar-refractivity contribution >= 4 is 5.91 Å². The molecule has 6 nitrogen and oxygen atoms in total. The molecular weight excluding hydrogens is 292 g/mol. The molecule has 1 atom stereocenters. The van der Waals surface area contributed by atoms with Gasteiger partial charge in [-0.2, -0.15) is 0 Å². The van der Waals surface area contributed by atoms with Gasteiger partial charge in [-0.15, -0.1) is 0 Å². The minimum atomic E-state index is -0.0292. The van der Waals surface area contributed by atoms with E-state index < -0.39 is 0 Å². The number of carbonyl (C=O) groups is 1. The fourth-order valence-electron chi connectivity index (χ4n) is 3.21. The van der Waals surface area contributed by atoms with Crippen LogP contribution in [0.4, 0.5) is 0 Å². The fourth-order valence-corrected chi connectivity index (χ4v) is 3.21. The van der Waals surface area contributed by atoms with Crippen molar-refractivity contribution in [3.63, 3.8) is 0 Å². The Morgan fingerprint density at radius 2 is 1.70 bits per heavy atom. The predicted octanol–water partition coefficient (Wildman–Crippen LogP) is 0.239. The van der Waals surface area contributed by atoms with Gasteiger partial charge in [0.1, 0.15) is 0 Å². The lowest BCUT2D eigenvalue weighted by Crippen LogP contribution is -2.53. The number of hydrogen-bond acceptors (Lipinski definition) is 5. The summed E-state index contributed by atoms with van der Waals surface area (Å²) in [4.78, 5) is 19.1. The van der Waals surface area contributed by atoms with Crippen LogP contribution < -0.4 is 5.32 Å². The quantitative estimate of drug-likeness (QED) is 0.679. The van der Waals surface area contributed by atoms with E-state index in [9.17, 15) is 4.79 Å². The van der Waals surface area contributed by atoms with Crippen LogP contribution in [0.1, 0.15) is 26.2 Å². The highest BCUT2D eigenvalue weighted by Crippen LogP contribution is 2.12. The molecule has 0 aromatic carbocycles. The molecule has 1 N–H and O–H groups in total. The molecule has 0 saturated carbocycles. The van der Waals surface area contributed by atoms with Crippen LogP contribution >= 0.6 is 0 Å². The Morgan fingerprint density at radius 1 is 1.09 bits per heavy atom. The molecule has 2 saturated heterocycles. The molecular formula is C17H34N4O2. The first-order valence-electron chi connectivity index (χ1n) is 9.06. The van der Waals surface area contributed by atoms with Crippen LogP contribution in [0.25, 0.3) is 0 Å². The van der Waals surface area contributed by atoms with Crippen LogP contribution in [0.15, 0.2) is 0 Å². The normalized spacial score (nSPS) is 23.8. The summed E-state index contributed by atoms with van der Waals surface area (Å²) in [5.41, 5.74) is 0. The van der Waals surface area contributed by atoms with Crippen molar-refractivity contribution in [2.75, 3.05) is 66.5 Å². The van der Waals surface area contributed by atoms with Gasteiger partial charge >= 0.3 is 0 Å². The zero-order valence-corrected chi connectivity index (χ0v) is 15.1. The van der Waals surface area contributed by atoms with Crippen molar-refractivity contribution in [3.8, 4) is 0 Å². The van der Waals surface area contributed by atoms with Crippen LogP contribution in [-0.4, -0.2) is 99.3 Å². The SMILES string of the molecule is CC(C(=O)NCCCOC1CCN(C)CC1)N1CCN(C)CC1. The summed E-state index contributed by atoms with van der Waals surface area (Å²) < 4.78 is 5.91. The van der Waals surface area contributed by atoms with Crippen LogP contribution in [-0.2, 0) is 9.53 Å². The van der Waals surface area contributed by atoms with Crippen molar-refractivity contribution in [2.24, 2.45) is 0 Å². The van der Waals surface area contributed by atoms with Crippen molar-refractivity contribution < 1.29 is 9.53 Å². The minimum absolute atomic E-state index is 0.0292. The zero-order valence-electron chi connectivity index (χ0n) is 15.1. The third-order valence-electron chi connectivity index (χ3n) is 5.10. The standard InChI is InChI=1S/C17H34N4O2/c1-15(21-12-10-20(3)11-13-21)17(22)18-7-4-14-23-16-5-8-19(2)9-6-16/h15-16H,4-14H2,1-3H3,(H,18,22). The van der Waals surface area contributed by atoms with Gasteiger partial charge < -0.3 is 19.9 Å². The molecule has 1 amide bonds. The van der Waals surface area contributed by atoms with Gasteiger partial charge in [0.2, 0.25) is 5.91 Å². The van der Waals surface area contributed by atoms with Gasteiger partial charge in [0.25, 0.3) is 0 Å². The molecule has 2 aliphatic heterocycles. The molecule has 6 heteroatoms. The molecule has 0 bridgehead atoms. The average molecular weight is 326 g/mol. The Labute approximate surface area is 141 Å². The van der Waals surface area contributed by atoms with Crippen molar-refractivity contribution in [2.45, 2.75) is 38.3 Å². The number of carbonyl (C=O) groups excluding carboxylic acids is 1. The first-order valence-corrected chi connectivity index (χ1v) is 9.06. The maximum atomic E-state index is 12.2. The Morgan fingerprint density at radius 3 is 2.35 bits per heavy atom. The maximum Gasteiger partial charge on any atom is 0.237 e. The van der Waals surface area contributed by atoms with Gasteiger partial charge in [-0.05, 0) is 40.3 Å². The molecule has 23 heavy (non-hydrogen) atoms. The van der Waals surface area contributed by atoms with Crippen LogP contribution in [0.5, 0.6) is 0 Å². The molecule has 2 heterocycles. The number of ether oxygens (including phenoxy) is 1. The summed E-state index contributed by atoms with van der Waals surface area (Å²) in [6.45, 7) is 9.77. The topological polar surface area (TPSA) is 48.1 Å². The van der Waals surface area contributed by atoms with E-state index in [1.165, 1.54) is 0 Å². The molecule has 2 fully saturated rings. The summed E-state index contributed by atoms with van der Waals surface area (Å²) in [6, 6.07) is -0.0292. The highest BCUT2D eigenvalue weighted by atomic mass is 16.5. The summed E-state index contributed by atoms with van der Waals surface area (Å²) in [5, 5.41) is 3.05. The Kier molecular flexibility index (Phi) is 7.76. The summed E-state index contributed by atoms with van der Waals surface area (Å²) >= 11 is 0.